The Labute approximate surface area is 166 Å². The molecule has 25 heavy (non-hydrogen) atoms. The van der Waals surface area contributed by atoms with Crippen molar-refractivity contribution in [3.63, 3.8) is 0 Å². The highest BCUT2D eigenvalue weighted by Crippen LogP contribution is 2.22. The highest BCUT2D eigenvalue weighted by Gasteiger charge is 2.34. The first-order valence-electron chi connectivity index (χ1n) is 8.76. The van der Waals surface area contributed by atoms with Crippen LogP contribution in [0.1, 0.15) is 32.6 Å². The van der Waals surface area contributed by atoms with Crippen LogP contribution in [0.4, 0.5) is 13.2 Å². The van der Waals surface area contributed by atoms with Gasteiger partial charge in [-0.25, -0.2) is 0 Å². The monoisotopic (exact) mass is 480 g/mol. The van der Waals surface area contributed by atoms with E-state index in [1.165, 1.54) is 4.90 Å². The van der Waals surface area contributed by atoms with Gasteiger partial charge in [0.15, 0.2) is 5.96 Å². The summed E-state index contributed by atoms with van der Waals surface area (Å²) < 4.78 is 42.6. The van der Waals surface area contributed by atoms with Crippen LogP contribution in [0.15, 0.2) is 4.99 Å². The molecule has 150 valence electrons. The van der Waals surface area contributed by atoms with Crippen LogP contribution in [0.3, 0.4) is 0 Å². The van der Waals surface area contributed by atoms with Gasteiger partial charge in [-0.15, -0.1) is 24.0 Å². The lowest BCUT2D eigenvalue weighted by Crippen LogP contribution is -2.41. The molecule has 1 aliphatic rings. The molecule has 1 fully saturated rings. The van der Waals surface area contributed by atoms with E-state index in [9.17, 15) is 13.2 Å². The zero-order valence-electron chi connectivity index (χ0n) is 15.2. The molecule has 0 bridgehead atoms. The van der Waals surface area contributed by atoms with Crippen molar-refractivity contribution in [3.8, 4) is 0 Å². The molecular formula is C16H32F3IN4O. The van der Waals surface area contributed by atoms with Gasteiger partial charge in [-0.2, -0.15) is 13.2 Å². The van der Waals surface area contributed by atoms with Crippen LogP contribution in [0.5, 0.6) is 0 Å². The average Bonchev–Trinajstić information content (AvgIpc) is 2.94. The molecule has 9 heteroatoms. The highest BCUT2D eigenvalue weighted by atomic mass is 127. The molecule has 0 aliphatic carbocycles. The second kappa shape index (κ2) is 13.9. The summed E-state index contributed by atoms with van der Waals surface area (Å²) in [4.78, 5) is 5.60. The number of hydrogen-bond acceptors (Lipinski definition) is 3. The molecule has 1 atom stereocenters. The second-order valence-corrected chi connectivity index (χ2v) is 6.20. The van der Waals surface area contributed by atoms with Gasteiger partial charge in [0.25, 0.3) is 0 Å². The Hall–Kier alpha value is -0.290. The third-order valence-electron chi connectivity index (χ3n) is 3.95. The van der Waals surface area contributed by atoms with Crippen LogP contribution >= 0.6 is 24.0 Å². The van der Waals surface area contributed by atoms with Crippen molar-refractivity contribution in [2.45, 2.75) is 38.8 Å². The number of aliphatic imine (C=N–C) groups is 1. The molecule has 2 N–H and O–H groups in total. The van der Waals surface area contributed by atoms with E-state index in [1.54, 1.807) is 7.05 Å². The minimum absolute atomic E-state index is 0. The normalized spacial score (nSPS) is 18.9. The molecule has 0 amide bonds. The minimum atomic E-state index is -4.11. The maximum atomic E-state index is 12.4. The summed E-state index contributed by atoms with van der Waals surface area (Å²) in [7, 11) is 1.69. The topological polar surface area (TPSA) is 48.9 Å². The van der Waals surface area contributed by atoms with Crippen molar-refractivity contribution in [1.82, 2.24) is 15.5 Å². The molecule has 1 rings (SSSR count). The van der Waals surface area contributed by atoms with Crippen LogP contribution in [0, 0.1) is 5.92 Å². The van der Waals surface area contributed by atoms with Crippen molar-refractivity contribution in [2.75, 3.05) is 53.0 Å². The van der Waals surface area contributed by atoms with Crippen LogP contribution in [-0.4, -0.2) is 70.0 Å². The number of ether oxygens (including phenoxy) is 1. The fourth-order valence-electron chi connectivity index (χ4n) is 2.67. The number of guanidine groups is 1. The first-order valence-corrected chi connectivity index (χ1v) is 8.76. The van der Waals surface area contributed by atoms with E-state index in [1.807, 2.05) is 0 Å². The third-order valence-corrected chi connectivity index (χ3v) is 3.95. The van der Waals surface area contributed by atoms with E-state index in [0.717, 1.165) is 45.4 Å². The van der Waals surface area contributed by atoms with Gasteiger partial charge in [0.05, 0.1) is 6.54 Å². The molecule has 1 unspecified atom stereocenters. The van der Waals surface area contributed by atoms with E-state index in [2.05, 4.69) is 22.5 Å². The molecule has 0 radical (unpaired) electrons. The summed E-state index contributed by atoms with van der Waals surface area (Å²) in [6.07, 6.45) is -0.211. The van der Waals surface area contributed by atoms with Gasteiger partial charge in [-0.05, 0) is 31.7 Å². The van der Waals surface area contributed by atoms with E-state index in [0.29, 0.717) is 25.6 Å². The number of rotatable bonds is 10. The largest absolute Gasteiger partial charge is 0.401 e. The summed E-state index contributed by atoms with van der Waals surface area (Å²) >= 11 is 0. The van der Waals surface area contributed by atoms with Crippen molar-refractivity contribution in [3.05, 3.63) is 0 Å². The van der Waals surface area contributed by atoms with Gasteiger partial charge in [0.2, 0.25) is 0 Å². The van der Waals surface area contributed by atoms with Gasteiger partial charge < -0.3 is 15.4 Å². The molecule has 1 heterocycles. The van der Waals surface area contributed by atoms with E-state index < -0.39 is 12.7 Å². The fourth-order valence-corrected chi connectivity index (χ4v) is 2.67. The molecule has 1 saturated heterocycles. The number of alkyl halides is 3. The fraction of sp³-hybridized carbons (Fsp3) is 0.938. The van der Waals surface area contributed by atoms with E-state index in [-0.39, 0.29) is 29.9 Å². The Morgan fingerprint density at radius 1 is 1.24 bits per heavy atom. The van der Waals surface area contributed by atoms with E-state index in [4.69, 9.17) is 4.74 Å². The SMILES string of the molecule is CCCCOCCCNC(=NC)NCC1CCN(CC(F)(F)F)C1.I. The average molecular weight is 480 g/mol. The maximum absolute atomic E-state index is 12.4. The summed E-state index contributed by atoms with van der Waals surface area (Å²) in [6, 6.07) is 0. The predicted octanol–water partition coefficient (Wildman–Crippen LogP) is 2.86. The standard InChI is InChI=1S/C16H31F3N4O.HI/c1-3-4-9-24-10-5-7-21-15(20-2)22-11-14-6-8-23(12-14)13-16(17,18)19;/h14H,3-13H2,1-2H3,(H2,20,21,22);1H. The Kier molecular flexibility index (Phi) is 13.7. The molecule has 0 saturated carbocycles. The first-order chi connectivity index (χ1) is 11.4. The van der Waals surface area contributed by atoms with Crippen molar-refractivity contribution >= 4 is 29.9 Å². The number of nitrogens with zero attached hydrogens (tertiary/aromatic N) is 2. The number of unbranched alkanes of at least 4 members (excludes halogenated alkanes) is 1. The van der Waals surface area contributed by atoms with Crippen LogP contribution in [0.2, 0.25) is 0 Å². The molecule has 0 spiro atoms. The minimum Gasteiger partial charge on any atom is -0.381 e. The number of nitrogens with one attached hydrogen (secondary N) is 2. The van der Waals surface area contributed by atoms with Gasteiger partial charge in [-0.1, -0.05) is 13.3 Å². The van der Waals surface area contributed by atoms with Crippen LogP contribution in [0.25, 0.3) is 0 Å². The smallest absolute Gasteiger partial charge is 0.381 e. The summed E-state index contributed by atoms with van der Waals surface area (Å²) in [5, 5.41) is 6.40. The Bertz CT molecular complexity index is 370. The second-order valence-electron chi connectivity index (χ2n) is 6.20. The molecular weight excluding hydrogens is 448 g/mol. The van der Waals surface area contributed by atoms with Gasteiger partial charge in [-0.3, -0.25) is 9.89 Å². The third kappa shape index (κ3) is 12.7. The Morgan fingerprint density at radius 2 is 1.96 bits per heavy atom. The van der Waals surface area contributed by atoms with Gasteiger partial charge in [0.1, 0.15) is 0 Å². The lowest BCUT2D eigenvalue weighted by atomic mass is 10.1. The Morgan fingerprint density at radius 3 is 2.60 bits per heavy atom. The number of likely N-dealkylation sites (tertiary alicyclic amines) is 1. The maximum Gasteiger partial charge on any atom is 0.401 e. The first kappa shape index (κ1) is 24.7. The quantitative estimate of drug-likeness (QED) is 0.219. The van der Waals surface area contributed by atoms with Crippen LogP contribution in [-0.2, 0) is 4.74 Å². The lowest BCUT2D eigenvalue weighted by Gasteiger charge is -2.18. The Balaban J connectivity index is 0.00000576. The highest BCUT2D eigenvalue weighted by molar-refractivity contribution is 14.0. The number of halogens is 4. The zero-order chi connectivity index (χ0) is 17.8. The van der Waals surface area contributed by atoms with Crippen molar-refractivity contribution in [1.29, 1.82) is 0 Å². The molecule has 5 nitrogen and oxygen atoms in total. The summed E-state index contributed by atoms with van der Waals surface area (Å²) in [5.74, 6) is 0.918. The van der Waals surface area contributed by atoms with Crippen LogP contribution < -0.4 is 10.6 Å². The molecule has 1 aliphatic heterocycles. The predicted molar refractivity (Wildman–Crippen MR) is 106 cm³/mol. The molecule has 0 aromatic heterocycles. The lowest BCUT2D eigenvalue weighted by molar-refractivity contribution is -0.143. The summed E-state index contributed by atoms with van der Waals surface area (Å²) in [5.41, 5.74) is 0. The van der Waals surface area contributed by atoms with E-state index >= 15 is 0 Å². The van der Waals surface area contributed by atoms with Gasteiger partial charge >= 0.3 is 6.18 Å². The van der Waals surface area contributed by atoms with Crippen molar-refractivity contribution < 1.29 is 17.9 Å². The summed E-state index contributed by atoms with van der Waals surface area (Å²) in [6.45, 7) is 5.24. The van der Waals surface area contributed by atoms with Gasteiger partial charge in [0, 0.05) is 39.9 Å². The zero-order valence-corrected chi connectivity index (χ0v) is 17.5. The van der Waals surface area contributed by atoms with Crippen molar-refractivity contribution in [2.24, 2.45) is 10.9 Å². The molecule has 0 aromatic carbocycles. The number of hydrogen-bond donors (Lipinski definition) is 2. The molecule has 0 aromatic rings.